The predicted octanol–water partition coefficient (Wildman–Crippen LogP) is 2.49. The molecule has 15 heavy (non-hydrogen) atoms. The Morgan fingerprint density at radius 3 is 2.80 bits per heavy atom. The fraction of sp³-hybridized carbons (Fsp3) is 0.667. The Morgan fingerprint density at radius 2 is 2.20 bits per heavy atom. The Bertz CT molecular complexity index is 278. The summed E-state index contributed by atoms with van der Waals surface area (Å²) in [4.78, 5) is 4.02. The first-order chi connectivity index (χ1) is 7.29. The molecule has 1 atom stereocenters. The zero-order chi connectivity index (χ0) is 10.7. The number of hydrogen-bond acceptors (Lipinski definition) is 3. The molecular formula is C12H20N2S. The quantitative estimate of drug-likeness (QED) is 0.848. The summed E-state index contributed by atoms with van der Waals surface area (Å²) in [5.74, 6) is 0. The van der Waals surface area contributed by atoms with Gasteiger partial charge >= 0.3 is 0 Å². The van der Waals surface area contributed by atoms with Gasteiger partial charge in [-0.3, -0.25) is 4.90 Å². The van der Waals surface area contributed by atoms with E-state index in [4.69, 9.17) is 0 Å². The van der Waals surface area contributed by atoms with Crippen molar-refractivity contribution in [1.82, 2.24) is 10.2 Å². The molecule has 0 aromatic carbocycles. The highest BCUT2D eigenvalue weighted by molar-refractivity contribution is 7.10. The van der Waals surface area contributed by atoms with Gasteiger partial charge in [0, 0.05) is 17.0 Å². The molecule has 1 saturated heterocycles. The van der Waals surface area contributed by atoms with E-state index in [9.17, 15) is 0 Å². The Morgan fingerprint density at radius 1 is 1.47 bits per heavy atom. The van der Waals surface area contributed by atoms with Crippen LogP contribution in [0.3, 0.4) is 0 Å². The molecule has 1 fully saturated rings. The van der Waals surface area contributed by atoms with E-state index in [-0.39, 0.29) is 0 Å². The summed E-state index contributed by atoms with van der Waals surface area (Å²) in [5, 5.41) is 5.59. The first-order valence-corrected chi connectivity index (χ1v) is 6.63. The van der Waals surface area contributed by atoms with E-state index >= 15 is 0 Å². The number of nitrogens with one attached hydrogen (secondary N) is 1. The Balaban J connectivity index is 1.97. The first kappa shape index (κ1) is 11.1. The highest BCUT2D eigenvalue weighted by Crippen LogP contribution is 2.27. The van der Waals surface area contributed by atoms with Crippen molar-refractivity contribution in [2.45, 2.75) is 31.8 Å². The predicted molar refractivity (Wildman–Crippen MR) is 66.4 cm³/mol. The van der Waals surface area contributed by atoms with E-state index in [1.165, 1.54) is 30.8 Å². The second-order valence-electron chi connectivity index (χ2n) is 4.34. The molecule has 0 radical (unpaired) electrons. The summed E-state index contributed by atoms with van der Waals surface area (Å²) in [7, 11) is 2.26. The number of thiophene rings is 1. The van der Waals surface area contributed by atoms with Gasteiger partial charge in [-0.25, -0.2) is 0 Å². The molecule has 0 saturated carbocycles. The molecule has 0 aliphatic carbocycles. The van der Waals surface area contributed by atoms with Crippen LogP contribution in [0.2, 0.25) is 0 Å². The molecule has 0 amide bonds. The summed E-state index contributed by atoms with van der Waals surface area (Å²) >= 11 is 1.87. The Labute approximate surface area is 96.3 Å². The smallest absolute Gasteiger partial charge is 0.0413 e. The lowest BCUT2D eigenvalue weighted by molar-refractivity contribution is 0.154. The van der Waals surface area contributed by atoms with Crippen LogP contribution in [0.1, 0.15) is 30.7 Å². The number of nitrogens with zero attached hydrogens (tertiary/aromatic N) is 1. The van der Waals surface area contributed by atoms with Crippen molar-refractivity contribution in [2.75, 3.05) is 20.1 Å². The number of piperidine rings is 1. The van der Waals surface area contributed by atoms with Crippen molar-refractivity contribution in [1.29, 1.82) is 0 Å². The maximum atomic E-state index is 3.42. The van der Waals surface area contributed by atoms with Gasteiger partial charge in [0.05, 0.1) is 0 Å². The van der Waals surface area contributed by atoms with Gasteiger partial charge in [0.2, 0.25) is 0 Å². The largest absolute Gasteiger partial charge is 0.317 e. The van der Waals surface area contributed by atoms with E-state index < -0.39 is 0 Å². The Hall–Kier alpha value is -0.380. The third kappa shape index (κ3) is 2.60. The van der Waals surface area contributed by atoms with Crippen LogP contribution in [-0.4, -0.2) is 31.1 Å². The molecule has 84 valence electrons. The molecule has 2 nitrogen and oxygen atoms in total. The maximum Gasteiger partial charge on any atom is 0.0413 e. The maximum absolute atomic E-state index is 3.42. The number of rotatable bonds is 3. The molecule has 1 aromatic heterocycles. The average molecular weight is 224 g/mol. The fourth-order valence-electron chi connectivity index (χ4n) is 2.26. The molecule has 1 aliphatic rings. The highest BCUT2D eigenvalue weighted by atomic mass is 32.1. The summed E-state index contributed by atoms with van der Waals surface area (Å²) in [6, 6.07) is 5.70. The third-order valence-corrected chi connectivity index (χ3v) is 4.49. The van der Waals surface area contributed by atoms with E-state index in [0.29, 0.717) is 6.04 Å². The van der Waals surface area contributed by atoms with Crippen LogP contribution in [0.5, 0.6) is 0 Å². The van der Waals surface area contributed by atoms with E-state index in [1.807, 2.05) is 11.3 Å². The van der Waals surface area contributed by atoms with Crippen molar-refractivity contribution in [3.05, 3.63) is 22.4 Å². The van der Waals surface area contributed by atoms with Gasteiger partial charge in [-0.05, 0) is 51.3 Å². The van der Waals surface area contributed by atoms with Crippen LogP contribution < -0.4 is 5.32 Å². The normalized spacial score (nSPS) is 20.7. The van der Waals surface area contributed by atoms with Gasteiger partial charge < -0.3 is 5.32 Å². The van der Waals surface area contributed by atoms with Gasteiger partial charge in [-0.2, -0.15) is 0 Å². The van der Waals surface area contributed by atoms with E-state index in [0.717, 1.165) is 6.04 Å². The SMILES string of the molecule is CC(c1cccs1)N(C)C1CCNCC1. The van der Waals surface area contributed by atoms with Crippen molar-refractivity contribution in [3.8, 4) is 0 Å². The van der Waals surface area contributed by atoms with Crippen LogP contribution in [-0.2, 0) is 0 Å². The monoisotopic (exact) mass is 224 g/mol. The van der Waals surface area contributed by atoms with Crippen molar-refractivity contribution in [2.24, 2.45) is 0 Å². The molecule has 3 heteroatoms. The lowest BCUT2D eigenvalue weighted by Gasteiger charge is -2.35. The lowest BCUT2D eigenvalue weighted by atomic mass is 10.0. The highest BCUT2D eigenvalue weighted by Gasteiger charge is 2.22. The van der Waals surface area contributed by atoms with Crippen LogP contribution in [0.15, 0.2) is 17.5 Å². The van der Waals surface area contributed by atoms with Gasteiger partial charge in [0.15, 0.2) is 0 Å². The summed E-state index contributed by atoms with van der Waals surface area (Å²) < 4.78 is 0. The van der Waals surface area contributed by atoms with Gasteiger partial charge in [0.25, 0.3) is 0 Å². The topological polar surface area (TPSA) is 15.3 Å². The third-order valence-electron chi connectivity index (χ3n) is 3.45. The minimum Gasteiger partial charge on any atom is -0.317 e. The van der Waals surface area contributed by atoms with Gasteiger partial charge in [-0.1, -0.05) is 6.07 Å². The molecular weight excluding hydrogens is 204 g/mol. The molecule has 2 rings (SSSR count). The zero-order valence-electron chi connectivity index (χ0n) is 9.57. The van der Waals surface area contributed by atoms with Crippen LogP contribution in [0, 0.1) is 0 Å². The summed E-state index contributed by atoms with van der Waals surface area (Å²) in [5.41, 5.74) is 0. The minimum absolute atomic E-state index is 0.563. The fourth-order valence-corrected chi connectivity index (χ4v) is 3.09. The van der Waals surface area contributed by atoms with Crippen LogP contribution in [0.4, 0.5) is 0 Å². The van der Waals surface area contributed by atoms with E-state index in [2.05, 4.69) is 41.7 Å². The first-order valence-electron chi connectivity index (χ1n) is 5.75. The second kappa shape index (κ2) is 5.10. The lowest BCUT2D eigenvalue weighted by Crippen LogP contribution is -2.41. The van der Waals surface area contributed by atoms with Crippen LogP contribution in [0.25, 0.3) is 0 Å². The second-order valence-corrected chi connectivity index (χ2v) is 5.32. The molecule has 0 spiro atoms. The molecule has 1 aliphatic heterocycles. The van der Waals surface area contributed by atoms with Crippen molar-refractivity contribution >= 4 is 11.3 Å². The van der Waals surface area contributed by atoms with Crippen molar-refractivity contribution < 1.29 is 0 Å². The average Bonchev–Trinajstić information content (AvgIpc) is 2.82. The van der Waals surface area contributed by atoms with Gasteiger partial charge in [-0.15, -0.1) is 11.3 Å². The molecule has 2 heterocycles. The zero-order valence-corrected chi connectivity index (χ0v) is 10.4. The van der Waals surface area contributed by atoms with E-state index in [1.54, 1.807) is 0 Å². The standard InChI is InChI=1S/C12H20N2S/c1-10(12-4-3-9-15-12)14(2)11-5-7-13-8-6-11/h3-4,9-11,13H,5-8H2,1-2H3. The van der Waals surface area contributed by atoms with Gasteiger partial charge in [0.1, 0.15) is 0 Å². The molecule has 1 N–H and O–H groups in total. The summed E-state index contributed by atoms with van der Waals surface area (Å²) in [6.07, 6.45) is 2.57. The molecule has 1 unspecified atom stereocenters. The van der Waals surface area contributed by atoms with Crippen LogP contribution >= 0.6 is 11.3 Å². The number of hydrogen-bond donors (Lipinski definition) is 1. The van der Waals surface area contributed by atoms with Crippen molar-refractivity contribution in [3.63, 3.8) is 0 Å². The molecule has 1 aromatic rings. The Kier molecular flexibility index (Phi) is 3.78. The molecule has 0 bridgehead atoms. The minimum atomic E-state index is 0.563. The summed E-state index contributed by atoms with van der Waals surface area (Å²) in [6.45, 7) is 4.66.